The summed E-state index contributed by atoms with van der Waals surface area (Å²) in [7, 11) is 0. The van der Waals surface area contributed by atoms with Gasteiger partial charge in [0, 0.05) is 30.1 Å². The number of carbonyl (C=O) groups excluding carboxylic acids is 7. The predicted molar refractivity (Wildman–Crippen MR) is 213 cm³/mol. The summed E-state index contributed by atoms with van der Waals surface area (Å²) < 4.78 is 0. The molecule has 5 atom stereocenters. The Hall–Kier alpha value is -6.23. The fraction of sp³-hybridized carbons (Fsp3) is 0.439. The fourth-order valence-corrected chi connectivity index (χ4v) is 7.04. The van der Waals surface area contributed by atoms with Crippen LogP contribution in [0.3, 0.4) is 0 Å². The molecule has 3 aromatic rings. The minimum Gasteiger partial charge on any atom is -0.508 e. The second-order valence-corrected chi connectivity index (χ2v) is 15.2. The van der Waals surface area contributed by atoms with Crippen LogP contribution in [0, 0.1) is 5.92 Å². The molecule has 58 heavy (non-hydrogen) atoms. The number of benzene rings is 2. The molecule has 310 valence electrons. The van der Waals surface area contributed by atoms with E-state index < -0.39 is 97.2 Å². The molecule has 17 heteroatoms. The van der Waals surface area contributed by atoms with Crippen molar-refractivity contribution in [2.45, 2.75) is 83.6 Å². The minimum atomic E-state index is -1.70. The summed E-state index contributed by atoms with van der Waals surface area (Å²) in [4.78, 5) is 99.0. The first-order chi connectivity index (χ1) is 27.6. The molecule has 9 N–H and O–H groups in total. The number of hydrogen-bond donors (Lipinski definition) is 9. The van der Waals surface area contributed by atoms with Gasteiger partial charge >= 0.3 is 0 Å². The highest BCUT2D eigenvalue weighted by Crippen LogP contribution is 2.26. The third-order valence-corrected chi connectivity index (χ3v) is 10.2. The first-order valence-corrected chi connectivity index (χ1v) is 19.3. The second kappa shape index (κ2) is 19.3. The van der Waals surface area contributed by atoms with E-state index in [4.69, 9.17) is 0 Å². The van der Waals surface area contributed by atoms with Gasteiger partial charge in [0.05, 0.1) is 19.6 Å². The molecule has 0 saturated carbocycles. The molecule has 0 spiro atoms. The number of amides is 7. The third-order valence-electron chi connectivity index (χ3n) is 10.2. The number of allylic oxidation sites excluding steroid dienone is 2. The summed E-state index contributed by atoms with van der Waals surface area (Å²) in [6.07, 6.45) is 3.05. The van der Waals surface area contributed by atoms with Crippen molar-refractivity contribution >= 4 is 52.3 Å². The maximum absolute atomic E-state index is 14.3. The van der Waals surface area contributed by atoms with E-state index in [-0.39, 0.29) is 24.3 Å². The van der Waals surface area contributed by atoms with Gasteiger partial charge in [-0.2, -0.15) is 0 Å². The molecule has 17 nitrogen and oxygen atoms in total. The first kappa shape index (κ1) is 42.9. The number of para-hydroxylation sites is 1. The number of phenolic OH excluding ortho intramolecular Hbond substituents is 1. The molecular weight excluding hydrogens is 748 g/mol. The Bertz CT molecular complexity index is 2070. The molecule has 5 rings (SSSR count). The minimum absolute atomic E-state index is 0.0285. The smallest absolute Gasteiger partial charge is 0.246 e. The molecular formula is C41H52N8O9. The second-order valence-electron chi connectivity index (χ2n) is 15.2. The van der Waals surface area contributed by atoms with Gasteiger partial charge in [-0.1, -0.05) is 49.8 Å². The van der Waals surface area contributed by atoms with Crippen molar-refractivity contribution in [1.82, 2.24) is 41.8 Å². The zero-order valence-electron chi connectivity index (χ0n) is 33.0. The number of fused-ring (bicyclic) bond motifs is 2. The fourth-order valence-electron chi connectivity index (χ4n) is 7.04. The van der Waals surface area contributed by atoms with Crippen LogP contribution < -0.4 is 31.9 Å². The summed E-state index contributed by atoms with van der Waals surface area (Å²) >= 11 is 0. The van der Waals surface area contributed by atoms with Crippen LogP contribution in [0.4, 0.5) is 0 Å². The lowest BCUT2D eigenvalue weighted by atomic mass is 9.97. The van der Waals surface area contributed by atoms with Gasteiger partial charge in [0.2, 0.25) is 41.4 Å². The van der Waals surface area contributed by atoms with Crippen molar-refractivity contribution in [1.29, 1.82) is 0 Å². The quantitative estimate of drug-likeness (QED) is 0.147. The van der Waals surface area contributed by atoms with E-state index in [2.05, 4.69) is 36.9 Å². The number of aliphatic hydroxyl groups is 1. The average Bonchev–Trinajstić information content (AvgIpc) is 3.85. The standard InChI is InChI=1S/C41H52N8O9/c1-22(2)11-12-24-16-25(13-14-31(24)50)37(54)36-40(57)45-19-32(51)46-29(17-26-18-42-28-9-6-5-8-27(26)28)41(58)49-15-7-10-30(49)38(55)43-20-33(52)47-35(23(3)4)39(56)44-21-34(53)48-36/h5-6,8-9,11,13-14,16,18,23,29-30,35-37,42,50,54H,7,10,12,15,17,19-21H2,1-4H3,(H,43,55)(H,44,56)(H,45,57)(H,46,51)(H,47,52)(H,48,53)/t29-,30-,35-,36-,37+/m0/s1. The van der Waals surface area contributed by atoms with Crippen LogP contribution in [0.1, 0.15) is 63.3 Å². The van der Waals surface area contributed by atoms with Crippen LogP contribution in [-0.2, 0) is 46.4 Å². The maximum Gasteiger partial charge on any atom is 0.246 e. The zero-order valence-corrected chi connectivity index (χ0v) is 33.0. The van der Waals surface area contributed by atoms with Crippen LogP contribution in [0.5, 0.6) is 5.75 Å². The van der Waals surface area contributed by atoms with E-state index in [0.29, 0.717) is 30.4 Å². The summed E-state index contributed by atoms with van der Waals surface area (Å²) in [6.45, 7) is 5.52. The number of rotatable bonds is 7. The third kappa shape index (κ3) is 10.8. The van der Waals surface area contributed by atoms with Gasteiger partial charge in [-0.15, -0.1) is 0 Å². The molecule has 2 aliphatic heterocycles. The van der Waals surface area contributed by atoms with E-state index in [1.165, 1.54) is 23.1 Å². The van der Waals surface area contributed by atoms with Crippen molar-refractivity contribution in [2.24, 2.45) is 5.92 Å². The lowest BCUT2D eigenvalue weighted by molar-refractivity contribution is -0.141. The number of nitrogens with zero attached hydrogens (tertiary/aromatic N) is 1. The van der Waals surface area contributed by atoms with Crippen LogP contribution in [0.2, 0.25) is 0 Å². The van der Waals surface area contributed by atoms with Gasteiger partial charge in [0.25, 0.3) is 0 Å². The highest BCUT2D eigenvalue weighted by Gasteiger charge is 2.39. The van der Waals surface area contributed by atoms with Crippen molar-refractivity contribution < 1.29 is 43.8 Å². The molecule has 0 radical (unpaired) electrons. The normalized spacial score (nSPS) is 22.4. The van der Waals surface area contributed by atoms with Crippen molar-refractivity contribution in [3.8, 4) is 5.75 Å². The number of phenols is 1. The average molecular weight is 801 g/mol. The number of aromatic hydroxyl groups is 1. The van der Waals surface area contributed by atoms with E-state index >= 15 is 0 Å². The van der Waals surface area contributed by atoms with E-state index in [1.807, 2.05) is 44.2 Å². The van der Waals surface area contributed by atoms with E-state index in [0.717, 1.165) is 16.5 Å². The van der Waals surface area contributed by atoms with Crippen LogP contribution in [-0.4, -0.2) is 112 Å². The van der Waals surface area contributed by atoms with Gasteiger partial charge in [0.15, 0.2) is 0 Å². The van der Waals surface area contributed by atoms with Gasteiger partial charge in [-0.3, -0.25) is 33.6 Å². The summed E-state index contributed by atoms with van der Waals surface area (Å²) in [6, 6.07) is 6.72. The molecule has 2 aliphatic rings. The molecule has 7 amide bonds. The first-order valence-electron chi connectivity index (χ1n) is 19.3. The Balaban J connectivity index is 1.46. The van der Waals surface area contributed by atoms with Gasteiger partial charge in [-0.25, -0.2) is 0 Å². The van der Waals surface area contributed by atoms with Crippen molar-refractivity contribution in [2.75, 3.05) is 26.2 Å². The number of hydrogen-bond acceptors (Lipinski definition) is 9. The Labute approximate surface area is 335 Å². The largest absolute Gasteiger partial charge is 0.508 e. The lowest BCUT2D eigenvalue weighted by Crippen LogP contribution is -2.56. The number of nitrogens with one attached hydrogen (secondary N) is 7. The zero-order chi connectivity index (χ0) is 42.1. The monoisotopic (exact) mass is 800 g/mol. The number of aromatic amines is 1. The van der Waals surface area contributed by atoms with Gasteiger partial charge in [0.1, 0.15) is 36.0 Å². The number of aromatic nitrogens is 1. The number of H-pyrrole nitrogens is 1. The van der Waals surface area contributed by atoms with Crippen LogP contribution >= 0.6 is 0 Å². The molecule has 0 unspecified atom stereocenters. The topological polar surface area (TPSA) is 251 Å². The van der Waals surface area contributed by atoms with Crippen molar-refractivity contribution in [3.63, 3.8) is 0 Å². The van der Waals surface area contributed by atoms with E-state index in [1.54, 1.807) is 20.0 Å². The lowest BCUT2D eigenvalue weighted by Gasteiger charge is -2.29. The number of aliphatic hydroxyl groups excluding tert-OH is 1. The molecule has 1 aromatic heterocycles. The predicted octanol–water partition coefficient (Wildman–Crippen LogP) is 0.122. The molecule has 2 saturated heterocycles. The SMILES string of the molecule is CC(C)=CCc1cc([C@@H](O)[C@@H]2NC(=O)CNC(=O)[C@H](C(C)C)NC(=O)CNC(=O)[C@@H]3CCCN3C(=O)[C@H](Cc3c[nH]c4ccccc34)NC(=O)CNC2=O)ccc1O. The Kier molecular flexibility index (Phi) is 14.3. The Morgan fingerprint density at radius 3 is 2.10 bits per heavy atom. The number of carbonyl (C=O) groups is 7. The van der Waals surface area contributed by atoms with Gasteiger partial charge in [-0.05, 0) is 73.9 Å². The molecule has 3 heterocycles. The Morgan fingerprint density at radius 1 is 0.810 bits per heavy atom. The van der Waals surface area contributed by atoms with E-state index in [9.17, 15) is 43.8 Å². The van der Waals surface area contributed by atoms with Gasteiger partial charge < -0.3 is 52.0 Å². The highest BCUT2D eigenvalue weighted by molar-refractivity contribution is 5.97. The molecule has 2 aromatic carbocycles. The maximum atomic E-state index is 14.3. The van der Waals surface area contributed by atoms with Crippen LogP contribution in [0.15, 0.2) is 60.3 Å². The Morgan fingerprint density at radius 2 is 1.43 bits per heavy atom. The summed E-state index contributed by atoms with van der Waals surface area (Å²) in [5.74, 6) is -5.63. The van der Waals surface area contributed by atoms with Crippen molar-refractivity contribution in [3.05, 3.63) is 77.0 Å². The molecule has 0 aliphatic carbocycles. The highest BCUT2D eigenvalue weighted by atomic mass is 16.3. The summed E-state index contributed by atoms with van der Waals surface area (Å²) in [5, 5.41) is 38.0. The summed E-state index contributed by atoms with van der Waals surface area (Å²) in [5.41, 5.74) is 3.13. The molecule has 0 bridgehead atoms. The molecule has 2 fully saturated rings. The van der Waals surface area contributed by atoms with Crippen LogP contribution in [0.25, 0.3) is 10.9 Å².